The fourth-order valence-corrected chi connectivity index (χ4v) is 3.54. The maximum atomic E-state index is 12.8. The molecule has 1 saturated heterocycles. The highest BCUT2D eigenvalue weighted by Crippen LogP contribution is 2.24. The van der Waals surface area contributed by atoms with Crippen LogP contribution in [0.2, 0.25) is 0 Å². The van der Waals surface area contributed by atoms with Crippen molar-refractivity contribution in [3.05, 3.63) is 59.0 Å². The van der Waals surface area contributed by atoms with E-state index in [1.54, 1.807) is 11.0 Å². The summed E-state index contributed by atoms with van der Waals surface area (Å²) in [5, 5.41) is 24.6. The van der Waals surface area contributed by atoms with E-state index in [2.05, 4.69) is 20.4 Å². The second-order valence-corrected chi connectivity index (χ2v) is 7.32. The number of likely N-dealkylation sites (tertiary alicyclic amines) is 1. The van der Waals surface area contributed by atoms with Crippen molar-refractivity contribution in [2.45, 2.75) is 26.4 Å². The maximum absolute atomic E-state index is 12.8. The molecule has 0 aliphatic carbocycles. The second kappa shape index (κ2) is 7.00. The monoisotopic (exact) mass is 365 g/mol. The standard InChI is InChI=1S/C20H23N5O2/c1-12-3-5-14(6-4-12)17-9-18(24-23-17)20(27)25-10-15(19(26)11-25)8-16-7-13(2)21-22-16/h3-7,9,15,19,26H,8,10-11H2,1-2H3,(H,21,22)(H,23,24)/t15-,19-/m1/s1. The molecule has 1 aliphatic heterocycles. The van der Waals surface area contributed by atoms with Gasteiger partial charge in [0.1, 0.15) is 5.69 Å². The zero-order valence-electron chi connectivity index (χ0n) is 15.4. The van der Waals surface area contributed by atoms with Gasteiger partial charge >= 0.3 is 0 Å². The quantitative estimate of drug-likeness (QED) is 0.659. The van der Waals surface area contributed by atoms with Gasteiger partial charge in [-0.3, -0.25) is 15.0 Å². The molecule has 0 spiro atoms. The van der Waals surface area contributed by atoms with Crippen molar-refractivity contribution in [3.63, 3.8) is 0 Å². The molecule has 3 aromatic rings. The van der Waals surface area contributed by atoms with Gasteiger partial charge in [-0.1, -0.05) is 29.8 Å². The molecule has 0 bridgehead atoms. The van der Waals surface area contributed by atoms with Crippen molar-refractivity contribution in [2.75, 3.05) is 13.1 Å². The molecule has 1 fully saturated rings. The topological polar surface area (TPSA) is 97.9 Å². The summed E-state index contributed by atoms with van der Waals surface area (Å²) in [4.78, 5) is 14.5. The highest BCUT2D eigenvalue weighted by molar-refractivity contribution is 5.93. The van der Waals surface area contributed by atoms with Gasteiger partial charge in [0.2, 0.25) is 0 Å². The van der Waals surface area contributed by atoms with Crippen molar-refractivity contribution in [3.8, 4) is 11.3 Å². The van der Waals surface area contributed by atoms with Crippen LogP contribution in [0.25, 0.3) is 11.3 Å². The van der Waals surface area contributed by atoms with Gasteiger partial charge in [-0.25, -0.2) is 0 Å². The Morgan fingerprint density at radius 3 is 2.63 bits per heavy atom. The van der Waals surface area contributed by atoms with Gasteiger partial charge < -0.3 is 10.0 Å². The molecular formula is C20H23N5O2. The largest absolute Gasteiger partial charge is 0.391 e. The van der Waals surface area contributed by atoms with E-state index in [1.807, 2.05) is 44.2 Å². The van der Waals surface area contributed by atoms with Crippen molar-refractivity contribution in [1.29, 1.82) is 0 Å². The second-order valence-electron chi connectivity index (χ2n) is 7.32. The maximum Gasteiger partial charge on any atom is 0.271 e. The fraction of sp³-hybridized carbons (Fsp3) is 0.350. The van der Waals surface area contributed by atoms with Gasteiger partial charge in [-0.05, 0) is 32.4 Å². The zero-order chi connectivity index (χ0) is 19.0. The number of H-pyrrole nitrogens is 2. The summed E-state index contributed by atoms with van der Waals surface area (Å²) in [7, 11) is 0. The summed E-state index contributed by atoms with van der Waals surface area (Å²) in [5.74, 6) is -0.156. The molecule has 0 radical (unpaired) electrons. The Bertz CT molecular complexity index is 943. The van der Waals surface area contributed by atoms with E-state index in [4.69, 9.17) is 0 Å². The number of nitrogens with zero attached hydrogens (tertiary/aromatic N) is 3. The van der Waals surface area contributed by atoms with E-state index < -0.39 is 6.10 Å². The van der Waals surface area contributed by atoms with Crippen LogP contribution in [-0.2, 0) is 6.42 Å². The van der Waals surface area contributed by atoms with E-state index in [9.17, 15) is 9.90 Å². The molecule has 3 heterocycles. The van der Waals surface area contributed by atoms with E-state index in [-0.39, 0.29) is 11.8 Å². The Morgan fingerprint density at radius 2 is 1.93 bits per heavy atom. The number of carbonyl (C=O) groups excluding carboxylic acids is 1. The number of aromatic amines is 2. The Labute approximate surface area is 157 Å². The number of carbonyl (C=O) groups is 1. The third-order valence-corrected chi connectivity index (χ3v) is 5.08. The number of amides is 1. The van der Waals surface area contributed by atoms with E-state index >= 15 is 0 Å². The number of aromatic nitrogens is 4. The third kappa shape index (κ3) is 3.64. The number of aliphatic hydroxyl groups is 1. The first-order valence-corrected chi connectivity index (χ1v) is 9.10. The van der Waals surface area contributed by atoms with Gasteiger partial charge in [0, 0.05) is 30.3 Å². The average Bonchev–Trinajstić information content (AvgIpc) is 3.37. The highest BCUT2D eigenvalue weighted by atomic mass is 16.3. The van der Waals surface area contributed by atoms with E-state index in [1.165, 1.54) is 5.56 Å². The van der Waals surface area contributed by atoms with Crippen LogP contribution in [0.15, 0.2) is 36.4 Å². The SMILES string of the molecule is Cc1ccc(-c2cc(C(=O)N3C[C@@H](Cc4cc(C)[nH]n4)[C@H](O)C3)[nH]n2)cc1. The minimum Gasteiger partial charge on any atom is -0.391 e. The lowest BCUT2D eigenvalue weighted by Gasteiger charge is -2.14. The molecule has 1 amide bonds. The lowest BCUT2D eigenvalue weighted by Crippen LogP contribution is -2.29. The summed E-state index contributed by atoms with van der Waals surface area (Å²) in [6.45, 7) is 4.81. The average molecular weight is 365 g/mol. The lowest BCUT2D eigenvalue weighted by atomic mass is 10.0. The van der Waals surface area contributed by atoms with Crippen molar-refractivity contribution in [1.82, 2.24) is 25.3 Å². The van der Waals surface area contributed by atoms with Crippen LogP contribution in [0.1, 0.15) is 27.4 Å². The molecule has 2 atom stereocenters. The first kappa shape index (κ1) is 17.5. The van der Waals surface area contributed by atoms with Crippen LogP contribution in [0.3, 0.4) is 0 Å². The summed E-state index contributed by atoms with van der Waals surface area (Å²) >= 11 is 0. The van der Waals surface area contributed by atoms with Crippen LogP contribution in [0, 0.1) is 19.8 Å². The predicted octanol–water partition coefficient (Wildman–Crippen LogP) is 2.09. The van der Waals surface area contributed by atoms with Crippen LogP contribution in [0.5, 0.6) is 0 Å². The minimum atomic E-state index is -0.551. The van der Waals surface area contributed by atoms with Crippen LogP contribution in [0.4, 0.5) is 0 Å². The van der Waals surface area contributed by atoms with Gasteiger partial charge in [0.15, 0.2) is 0 Å². The van der Waals surface area contributed by atoms with Gasteiger partial charge in [-0.2, -0.15) is 10.2 Å². The van der Waals surface area contributed by atoms with Crippen molar-refractivity contribution >= 4 is 5.91 Å². The van der Waals surface area contributed by atoms with Crippen LogP contribution < -0.4 is 0 Å². The molecule has 140 valence electrons. The molecule has 27 heavy (non-hydrogen) atoms. The smallest absolute Gasteiger partial charge is 0.271 e. The van der Waals surface area contributed by atoms with Crippen LogP contribution >= 0.6 is 0 Å². The summed E-state index contributed by atoms with van der Waals surface area (Å²) in [6.07, 6.45) is 0.0952. The van der Waals surface area contributed by atoms with Crippen LogP contribution in [-0.4, -0.2) is 55.5 Å². The minimum absolute atomic E-state index is 0.0175. The van der Waals surface area contributed by atoms with E-state index in [0.717, 1.165) is 22.6 Å². The Morgan fingerprint density at radius 1 is 1.15 bits per heavy atom. The number of aliphatic hydroxyl groups excluding tert-OH is 1. The van der Waals surface area contributed by atoms with Gasteiger partial charge in [0.25, 0.3) is 5.91 Å². The first-order chi connectivity index (χ1) is 13.0. The zero-order valence-corrected chi connectivity index (χ0v) is 15.4. The summed E-state index contributed by atoms with van der Waals surface area (Å²) < 4.78 is 0. The molecule has 7 nitrogen and oxygen atoms in total. The van der Waals surface area contributed by atoms with Gasteiger partial charge in [-0.15, -0.1) is 0 Å². The number of benzene rings is 1. The number of rotatable bonds is 4. The molecular weight excluding hydrogens is 342 g/mol. The first-order valence-electron chi connectivity index (χ1n) is 9.10. The molecule has 4 rings (SSSR count). The molecule has 0 unspecified atom stereocenters. The Hall–Kier alpha value is -2.93. The Kier molecular flexibility index (Phi) is 4.53. The fourth-order valence-electron chi connectivity index (χ4n) is 3.54. The number of hydrogen-bond acceptors (Lipinski definition) is 4. The normalized spacial score (nSPS) is 19.6. The number of hydrogen-bond donors (Lipinski definition) is 3. The van der Waals surface area contributed by atoms with Gasteiger partial charge in [0.05, 0.1) is 17.5 Å². The molecule has 7 heteroatoms. The van der Waals surface area contributed by atoms with Crippen molar-refractivity contribution < 1.29 is 9.90 Å². The predicted molar refractivity (Wildman–Crippen MR) is 101 cm³/mol. The summed E-state index contributed by atoms with van der Waals surface area (Å²) in [6, 6.07) is 11.7. The number of aryl methyl sites for hydroxylation is 2. The lowest BCUT2D eigenvalue weighted by molar-refractivity contribution is 0.0759. The number of β-amino-alcohol motifs (C(OH)–C–C–N with tert-alkyl or cyclic N) is 1. The highest BCUT2D eigenvalue weighted by Gasteiger charge is 2.35. The van der Waals surface area contributed by atoms with E-state index in [0.29, 0.717) is 25.2 Å². The number of nitrogens with one attached hydrogen (secondary N) is 2. The molecule has 1 aromatic carbocycles. The van der Waals surface area contributed by atoms with Crippen molar-refractivity contribution in [2.24, 2.45) is 5.92 Å². The Balaban J connectivity index is 1.44. The molecule has 2 aromatic heterocycles. The molecule has 0 saturated carbocycles. The molecule has 1 aliphatic rings. The third-order valence-electron chi connectivity index (χ3n) is 5.08. The summed E-state index contributed by atoms with van der Waals surface area (Å²) in [5.41, 5.74) is 5.22. The molecule has 3 N–H and O–H groups in total.